The SMILES string of the molecule is CC1=C(c2ccccc2)[C@@H](O)ON1. The fourth-order valence-electron chi connectivity index (χ4n) is 1.42. The Morgan fingerprint density at radius 1 is 1.31 bits per heavy atom. The standard InChI is InChI=1S/C10H11NO2/c1-7-9(10(12)13-11-7)8-5-3-2-4-6-8/h2-6,10-12H,1H3/t10-/m0/s1. The molecule has 68 valence electrons. The van der Waals surface area contributed by atoms with E-state index in [0.717, 1.165) is 16.8 Å². The lowest BCUT2D eigenvalue weighted by Gasteiger charge is -2.05. The van der Waals surface area contributed by atoms with Crippen LogP contribution in [0, 0.1) is 0 Å². The van der Waals surface area contributed by atoms with Crippen molar-refractivity contribution >= 4 is 5.57 Å². The molecule has 1 atom stereocenters. The Bertz CT molecular complexity index is 332. The van der Waals surface area contributed by atoms with Crippen molar-refractivity contribution in [1.82, 2.24) is 5.48 Å². The minimum Gasteiger partial charge on any atom is -0.362 e. The van der Waals surface area contributed by atoms with E-state index in [1.54, 1.807) is 0 Å². The number of hydrogen-bond donors (Lipinski definition) is 2. The van der Waals surface area contributed by atoms with E-state index in [2.05, 4.69) is 5.48 Å². The molecule has 0 radical (unpaired) electrons. The van der Waals surface area contributed by atoms with Gasteiger partial charge in [0.1, 0.15) is 0 Å². The Labute approximate surface area is 76.6 Å². The van der Waals surface area contributed by atoms with Gasteiger partial charge in [-0.2, -0.15) is 0 Å². The van der Waals surface area contributed by atoms with Crippen LogP contribution in [0.2, 0.25) is 0 Å². The summed E-state index contributed by atoms with van der Waals surface area (Å²) in [4.78, 5) is 4.86. The van der Waals surface area contributed by atoms with Gasteiger partial charge >= 0.3 is 0 Å². The number of rotatable bonds is 1. The fraction of sp³-hybridized carbons (Fsp3) is 0.200. The van der Waals surface area contributed by atoms with Crippen LogP contribution in [0.15, 0.2) is 36.0 Å². The molecule has 1 heterocycles. The third-order valence-corrected chi connectivity index (χ3v) is 2.06. The van der Waals surface area contributed by atoms with Gasteiger partial charge in [0.25, 0.3) is 0 Å². The molecule has 0 amide bonds. The quantitative estimate of drug-likeness (QED) is 0.678. The van der Waals surface area contributed by atoms with Crippen LogP contribution in [-0.2, 0) is 4.84 Å². The molecule has 1 aliphatic heterocycles. The molecule has 0 saturated heterocycles. The summed E-state index contributed by atoms with van der Waals surface area (Å²) in [6, 6.07) is 9.69. The second kappa shape index (κ2) is 3.20. The summed E-state index contributed by atoms with van der Waals surface area (Å²) in [7, 11) is 0. The van der Waals surface area contributed by atoms with Crippen LogP contribution in [0.1, 0.15) is 12.5 Å². The molecule has 0 fully saturated rings. The van der Waals surface area contributed by atoms with E-state index in [-0.39, 0.29) is 0 Å². The number of aliphatic hydroxyl groups is 1. The average Bonchev–Trinajstić information content (AvgIpc) is 2.48. The Morgan fingerprint density at radius 3 is 2.54 bits per heavy atom. The van der Waals surface area contributed by atoms with Gasteiger partial charge in [0.05, 0.1) is 0 Å². The molecule has 0 unspecified atom stereocenters. The number of allylic oxidation sites excluding steroid dienone is 1. The van der Waals surface area contributed by atoms with Gasteiger partial charge in [0, 0.05) is 11.3 Å². The van der Waals surface area contributed by atoms with E-state index in [4.69, 9.17) is 4.84 Å². The Kier molecular flexibility index (Phi) is 2.04. The summed E-state index contributed by atoms with van der Waals surface area (Å²) < 4.78 is 0. The minimum absolute atomic E-state index is 0.806. The molecule has 0 spiro atoms. The zero-order chi connectivity index (χ0) is 9.26. The molecule has 2 rings (SSSR count). The van der Waals surface area contributed by atoms with Crippen LogP contribution < -0.4 is 5.48 Å². The maximum atomic E-state index is 9.47. The Hall–Kier alpha value is -1.32. The molecular formula is C10H11NO2. The molecule has 1 aromatic rings. The van der Waals surface area contributed by atoms with Crippen molar-refractivity contribution in [3.05, 3.63) is 41.6 Å². The molecule has 1 aromatic carbocycles. The minimum atomic E-state index is -0.859. The van der Waals surface area contributed by atoms with Gasteiger partial charge in [0.2, 0.25) is 6.29 Å². The number of nitrogens with one attached hydrogen (secondary N) is 1. The highest BCUT2D eigenvalue weighted by atomic mass is 16.7. The van der Waals surface area contributed by atoms with Gasteiger partial charge in [-0.3, -0.25) is 5.48 Å². The first-order valence-electron chi connectivity index (χ1n) is 4.15. The molecule has 1 aliphatic rings. The van der Waals surface area contributed by atoms with Crippen molar-refractivity contribution in [1.29, 1.82) is 0 Å². The van der Waals surface area contributed by atoms with Gasteiger partial charge in [-0.05, 0) is 12.5 Å². The monoisotopic (exact) mass is 177 g/mol. The van der Waals surface area contributed by atoms with Crippen LogP contribution in [-0.4, -0.2) is 11.4 Å². The molecule has 3 heteroatoms. The lowest BCUT2D eigenvalue weighted by atomic mass is 10.0. The largest absolute Gasteiger partial charge is 0.362 e. The first-order chi connectivity index (χ1) is 6.29. The molecule has 2 N–H and O–H groups in total. The van der Waals surface area contributed by atoms with Crippen molar-refractivity contribution in [2.24, 2.45) is 0 Å². The number of hydroxylamine groups is 1. The van der Waals surface area contributed by atoms with E-state index >= 15 is 0 Å². The van der Waals surface area contributed by atoms with Crippen molar-refractivity contribution in [2.75, 3.05) is 0 Å². The maximum absolute atomic E-state index is 9.47. The second-order valence-corrected chi connectivity index (χ2v) is 2.98. The summed E-state index contributed by atoms with van der Waals surface area (Å²) in [5.41, 5.74) is 5.30. The van der Waals surface area contributed by atoms with Crippen LogP contribution in [0.4, 0.5) is 0 Å². The first kappa shape index (κ1) is 8.29. The zero-order valence-corrected chi connectivity index (χ0v) is 7.32. The highest BCUT2D eigenvalue weighted by Crippen LogP contribution is 2.25. The van der Waals surface area contributed by atoms with E-state index < -0.39 is 6.29 Å². The van der Waals surface area contributed by atoms with Crippen LogP contribution >= 0.6 is 0 Å². The summed E-state index contributed by atoms with van der Waals surface area (Å²) >= 11 is 0. The summed E-state index contributed by atoms with van der Waals surface area (Å²) in [5.74, 6) is 0. The van der Waals surface area contributed by atoms with E-state index in [0.29, 0.717) is 0 Å². The highest BCUT2D eigenvalue weighted by Gasteiger charge is 2.22. The second-order valence-electron chi connectivity index (χ2n) is 2.98. The van der Waals surface area contributed by atoms with Crippen LogP contribution in [0.3, 0.4) is 0 Å². The summed E-state index contributed by atoms with van der Waals surface area (Å²) in [5, 5.41) is 9.47. The molecule has 0 bridgehead atoms. The van der Waals surface area contributed by atoms with Crippen molar-refractivity contribution in [2.45, 2.75) is 13.2 Å². The molecule has 0 aliphatic carbocycles. The molecule has 3 nitrogen and oxygen atoms in total. The third-order valence-electron chi connectivity index (χ3n) is 2.06. The lowest BCUT2D eigenvalue weighted by Crippen LogP contribution is -2.11. The fourth-order valence-corrected chi connectivity index (χ4v) is 1.42. The van der Waals surface area contributed by atoms with Gasteiger partial charge < -0.3 is 5.11 Å². The molecule has 0 saturated carbocycles. The summed E-state index contributed by atoms with van der Waals surface area (Å²) in [6.45, 7) is 1.87. The predicted octanol–water partition coefficient (Wildman–Crippen LogP) is 1.27. The number of benzene rings is 1. The van der Waals surface area contributed by atoms with Gasteiger partial charge in [-0.15, -0.1) is 0 Å². The van der Waals surface area contributed by atoms with E-state index in [9.17, 15) is 5.11 Å². The van der Waals surface area contributed by atoms with Gasteiger partial charge in [0.15, 0.2) is 0 Å². The van der Waals surface area contributed by atoms with E-state index in [1.807, 2.05) is 37.3 Å². The van der Waals surface area contributed by atoms with Crippen LogP contribution in [0.5, 0.6) is 0 Å². The molecule has 0 aromatic heterocycles. The smallest absolute Gasteiger partial charge is 0.209 e. The van der Waals surface area contributed by atoms with E-state index in [1.165, 1.54) is 0 Å². The van der Waals surface area contributed by atoms with Crippen molar-refractivity contribution in [3.63, 3.8) is 0 Å². The predicted molar refractivity (Wildman–Crippen MR) is 49.3 cm³/mol. The molecular weight excluding hydrogens is 166 g/mol. The topological polar surface area (TPSA) is 41.5 Å². The Morgan fingerprint density at radius 2 is 2.00 bits per heavy atom. The first-order valence-corrected chi connectivity index (χ1v) is 4.15. The highest BCUT2D eigenvalue weighted by molar-refractivity contribution is 5.70. The average molecular weight is 177 g/mol. The normalized spacial score (nSPS) is 21.8. The lowest BCUT2D eigenvalue weighted by molar-refractivity contribution is -0.0812. The van der Waals surface area contributed by atoms with Crippen LogP contribution in [0.25, 0.3) is 5.57 Å². The maximum Gasteiger partial charge on any atom is 0.209 e. The summed E-state index contributed by atoms with van der Waals surface area (Å²) in [6.07, 6.45) is -0.859. The third kappa shape index (κ3) is 1.43. The number of aliphatic hydroxyl groups excluding tert-OH is 1. The zero-order valence-electron chi connectivity index (χ0n) is 7.32. The van der Waals surface area contributed by atoms with Gasteiger partial charge in [-0.25, -0.2) is 4.84 Å². The number of hydrogen-bond acceptors (Lipinski definition) is 3. The van der Waals surface area contributed by atoms with Crippen molar-refractivity contribution in [3.8, 4) is 0 Å². The Balaban J connectivity index is 2.41. The van der Waals surface area contributed by atoms with Crippen molar-refractivity contribution < 1.29 is 9.94 Å². The molecule has 13 heavy (non-hydrogen) atoms. The van der Waals surface area contributed by atoms with Gasteiger partial charge in [-0.1, -0.05) is 30.3 Å².